The van der Waals surface area contributed by atoms with Crippen LogP contribution in [0.5, 0.6) is 0 Å². The molecule has 104 valence electrons. The van der Waals surface area contributed by atoms with Gasteiger partial charge in [-0.25, -0.2) is 0 Å². The standard InChI is InChI=1S/C14H26N2O2/c1-2-18-8-4-3-7-16-14(17)12-10-5-6-11(9-10)13(12)15/h10-13H,2-9,15H2,1H3,(H,16,17). The van der Waals surface area contributed by atoms with Crippen molar-refractivity contribution < 1.29 is 9.53 Å². The van der Waals surface area contributed by atoms with Gasteiger partial charge in [-0.05, 0) is 50.9 Å². The van der Waals surface area contributed by atoms with E-state index in [1.165, 1.54) is 19.3 Å². The molecule has 0 saturated heterocycles. The van der Waals surface area contributed by atoms with Crippen LogP contribution in [0.15, 0.2) is 0 Å². The number of amides is 1. The van der Waals surface area contributed by atoms with Crippen LogP contribution < -0.4 is 11.1 Å². The smallest absolute Gasteiger partial charge is 0.224 e. The fourth-order valence-corrected chi connectivity index (χ4v) is 3.53. The molecule has 3 N–H and O–H groups in total. The van der Waals surface area contributed by atoms with Gasteiger partial charge in [0.1, 0.15) is 0 Å². The normalized spacial score (nSPS) is 33.9. The average molecular weight is 254 g/mol. The Hall–Kier alpha value is -0.610. The number of nitrogens with two attached hydrogens (primary N) is 1. The van der Waals surface area contributed by atoms with Gasteiger partial charge in [-0.15, -0.1) is 0 Å². The second-order valence-corrected chi connectivity index (χ2v) is 5.63. The van der Waals surface area contributed by atoms with Crippen molar-refractivity contribution in [2.24, 2.45) is 23.5 Å². The van der Waals surface area contributed by atoms with Crippen molar-refractivity contribution in [3.63, 3.8) is 0 Å². The highest BCUT2D eigenvalue weighted by atomic mass is 16.5. The van der Waals surface area contributed by atoms with E-state index < -0.39 is 0 Å². The van der Waals surface area contributed by atoms with Crippen molar-refractivity contribution in [1.82, 2.24) is 5.32 Å². The predicted molar refractivity (Wildman–Crippen MR) is 71.0 cm³/mol. The lowest BCUT2D eigenvalue weighted by Gasteiger charge is -2.27. The van der Waals surface area contributed by atoms with Gasteiger partial charge in [0.25, 0.3) is 0 Å². The largest absolute Gasteiger partial charge is 0.382 e. The first-order chi connectivity index (χ1) is 8.74. The van der Waals surface area contributed by atoms with Crippen molar-refractivity contribution in [1.29, 1.82) is 0 Å². The number of carbonyl (C=O) groups is 1. The number of hydrogen-bond donors (Lipinski definition) is 2. The third kappa shape index (κ3) is 3.04. The maximum absolute atomic E-state index is 12.1. The highest BCUT2D eigenvalue weighted by Crippen LogP contribution is 2.47. The van der Waals surface area contributed by atoms with Gasteiger partial charge in [0, 0.05) is 25.8 Å². The Bertz CT molecular complexity index is 281. The second-order valence-electron chi connectivity index (χ2n) is 5.63. The first-order valence-electron chi connectivity index (χ1n) is 7.35. The highest BCUT2D eigenvalue weighted by molar-refractivity contribution is 5.80. The van der Waals surface area contributed by atoms with Gasteiger partial charge < -0.3 is 15.8 Å². The van der Waals surface area contributed by atoms with Crippen LogP contribution in [0.1, 0.15) is 39.0 Å². The number of ether oxygens (including phenoxy) is 1. The minimum atomic E-state index is 0.0793. The molecule has 1 amide bonds. The molecule has 4 heteroatoms. The zero-order chi connectivity index (χ0) is 13.0. The second kappa shape index (κ2) is 6.53. The molecule has 0 aromatic heterocycles. The van der Waals surface area contributed by atoms with Crippen molar-refractivity contribution in [2.45, 2.75) is 45.1 Å². The van der Waals surface area contributed by atoms with E-state index in [4.69, 9.17) is 10.5 Å². The predicted octanol–water partition coefficient (Wildman–Crippen LogP) is 1.29. The summed E-state index contributed by atoms with van der Waals surface area (Å²) in [4.78, 5) is 12.1. The first-order valence-corrected chi connectivity index (χ1v) is 7.35. The Labute approximate surface area is 110 Å². The topological polar surface area (TPSA) is 64.3 Å². The van der Waals surface area contributed by atoms with Crippen LogP contribution in [0.3, 0.4) is 0 Å². The maximum atomic E-state index is 12.1. The van der Waals surface area contributed by atoms with Crippen LogP contribution in [0.25, 0.3) is 0 Å². The Morgan fingerprint density at radius 2 is 2.11 bits per heavy atom. The number of hydrogen-bond acceptors (Lipinski definition) is 3. The number of carbonyl (C=O) groups excluding carboxylic acids is 1. The molecule has 0 radical (unpaired) electrons. The zero-order valence-electron chi connectivity index (χ0n) is 11.4. The summed E-state index contributed by atoms with van der Waals surface area (Å²) in [5, 5.41) is 3.04. The molecule has 4 unspecified atom stereocenters. The van der Waals surface area contributed by atoms with E-state index in [-0.39, 0.29) is 17.9 Å². The Morgan fingerprint density at radius 3 is 2.78 bits per heavy atom. The van der Waals surface area contributed by atoms with Crippen molar-refractivity contribution in [2.75, 3.05) is 19.8 Å². The SMILES string of the molecule is CCOCCCCNC(=O)C1C2CCC(C2)C1N. The van der Waals surface area contributed by atoms with Crippen LogP contribution in [0, 0.1) is 17.8 Å². The monoisotopic (exact) mass is 254 g/mol. The van der Waals surface area contributed by atoms with Crippen LogP contribution in [0.4, 0.5) is 0 Å². The summed E-state index contributed by atoms with van der Waals surface area (Å²) < 4.78 is 5.26. The summed E-state index contributed by atoms with van der Waals surface area (Å²) >= 11 is 0. The molecule has 4 atom stereocenters. The van der Waals surface area contributed by atoms with Crippen molar-refractivity contribution in [3.05, 3.63) is 0 Å². The zero-order valence-corrected chi connectivity index (χ0v) is 11.4. The van der Waals surface area contributed by atoms with E-state index >= 15 is 0 Å². The van der Waals surface area contributed by atoms with Crippen LogP contribution in [-0.4, -0.2) is 31.7 Å². The maximum Gasteiger partial charge on any atom is 0.224 e. The lowest BCUT2D eigenvalue weighted by Crippen LogP contribution is -2.45. The summed E-state index contributed by atoms with van der Waals surface area (Å²) in [5.41, 5.74) is 6.15. The minimum absolute atomic E-state index is 0.0793. The quantitative estimate of drug-likeness (QED) is 0.673. The molecule has 0 spiro atoms. The van der Waals surface area contributed by atoms with E-state index in [1.807, 2.05) is 6.92 Å². The lowest BCUT2D eigenvalue weighted by atomic mass is 9.84. The molecular weight excluding hydrogens is 228 g/mol. The molecule has 2 rings (SSSR count). The average Bonchev–Trinajstić information content (AvgIpc) is 2.94. The molecule has 2 aliphatic rings. The molecule has 0 aromatic carbocycles. The molecule has 0 aromatic rings. The van der Waals surface area contributed by atoms with Gasteiger partial charge in [-0.3, -0.25) is 4.79 Å². The number of unbranched alkanes of at least 4 members (excludes halogenated alkanes) is 1. The van der Waals surface area contributed by atoms with Gasteiger partial charge in [0.2, 0.25) is 5.91 Å². The molecule has 0 heterocycles. The molecule has 4 nitrogen and oxygen atoms in total. The Morgan fingerprint density at radius 1 is 1.33 bits per heavy atom. The molecule has 2 saturated carbocycles. The van der Waals surface area contributed by atoms with Crippen LogP contribution in [0.2, 0.25) is 0 Å². The molecule has 2 fully saturated rings. The Kier molecular flexibility index (Phi) is 5.01. The Balaban J connectivity index is 1.63. The van der Waals surface area contributed by atoms with E-state index in [2.05, 4.69) is 5.32 Å². The highest BCUT2D eigenvalue weighted by Gasteiger charge is 2.48. The molecular formula is C14H26N2O2. The first kappa shape index (κ1) is 13.8. The third-order valence-corrected chi connectivity index (χ3v) is 4.50. The number of rotatable bonds is 7. The number of nitrogens with one attached hydrogen (secondary N) is 1. The van der Waals surface area contributed by atoms with Crippen molar-refractivity contribution >= 4 is 5.91 Å². The molecule has 2 aliphatic carbocycles. The summed E-state index contributed by atoms with van der Waals surface area (Å²) in [6.07, 6.45) is 5.59. The van der Waals surface area contributed by atoms with Gasteiger partial charge in [0.15, 0.2) is 0 Å². The molecule has 18 heavy (non-hydrogen) atoms. The number of fused-ring (bicyclic) bond motifs is 2. The van der Waals surface area contributed by atoms with Gasteiger partial charge >= 0.3 is 0 Å². The summed E-state index contributed by atoms with van der Waals surface area (Å²) in [6, 6.07) is 0.104. The minimum Gasteiger partial charge on any atom is -0.382 e. The fourth-order valence-electron chi connectivity index (χ4n) is 3.53. The van der Waals surface area contributed by atoms with Crippen LogP contribution in [-0.2, 0) is 9.53 Å². The van der Waals surface area contributed by atoms with Crippen molar-refractivity contribution in [3.8, 4) is 0 Å². The third-order valence-electron chi connectivity index (χ3n) is 4.50. The molecule has 0 aliphatic heterocycles. The van der Waals surface area contributed by atoms with E-state index in [9.17, 15) is 4.79 Å². The van der Waals surface area contributed by atoms with E-state index in [0.29, 0.717) is 11.8 Å². The summed E-state index contributed by atoms with van der Waals surface area (Å²) in [5.74, 6) is 1.42. The van der Waals surface area contributed by atoms with Crippen LogP contribution >= 0.6 is 0 Å². The summed E-state index contributed by atoms with van der Waals surface area (Å²) in [7, 11) is 0. The van der Waals surface area contributed by atoms with Gasteiger partial charge in [-0.2, -0.15) is 0 Å². The fraction of sp³-hybridized carbons (Fsp3) is 0.929. The molecule has 2 bridgehead atoms. The van der Waals surface area contributed by atoms with E-state index in [1.54, 1.807) is 0 Å². The van der Waals surface area contributed by atoms with Gasteiger partial charge in [-0.1, -0.05) is 0 Å². The van der Waals surface area contributed by atoms with Gasteiger partial charge in [0.05, 0.1) is 5.92 Å². The summed E-state index contributed by atoms with van der Waals surface area (Å²) in [6.45, 7) is 4.32. The lowest BCUT2D eigenvalue weighted by molar-refractivity contribution is -0.127. The van der Waals surface area contributed by atoms with E-state index in [0.717, 1.165) is 32.6 Å².